The quantitative estimate of drug-likeness (QED) is 0.361. The molecule has 9 nitrogen and oxygen atoms in total. The molecule has 2 N–H and O–H groups in total. The summed E-state index contributed by atoms with van der Waals surface area (Å²) in [5.74, 6) is -4.85. The average Bonchev–Trinajstić information content (AvgIpc) is 3.19. The third kappa shape index (κ3) is 4.12. The number of aryl methyl sites for hydroxylation is 1. The molecule has 4 rings (SSSR count). The van der Waals surface area contributed by atoms with Crippen molar-refractivity contribution in [2.75, 3.05) is 6.61 Å². The summed E-state index contributed by atoms with van der Waals surface area (Å²) in [5, 5.41) is 24.0. The zero-order chi connectivity index (χ0) is 24.7. The van der Waals surface area contributed by atoms with E-state index < -0.39 is 41.0 Å². The largest absolute Gasteiger partial charge is 0.507 e. The van der Waals surface area contributed by atoms with Crippen molar-refractivity contribution >= 4 is 26.8 Å². The van der Waals surface area contributed by atoms with Gasteiger partial charge < -0.3 is 10.2 Å². The van der Waals surface area contributed by atoms with Crippen LogP contribution in [0, 0.1) is 17.5 Å². The van der Waals surface area contributed by atoms with Gasteiger partial charge in [0, 0.05) is 30.1 Å². The Morgan fingerprint density at radius 2 is 1.74 bits per heavy atom. The zero-order valence-corrected chi connectivity index (χ0v) is 19.2. The highest BCUT2D eigenvalue weighted by atomic mass is 79.9. The highest BCUT2D eigenvalue weighted by Gasteiger charge is 2.22. The van der Waals surface area contributed by atoms with Crippen molar-refractivity contribution in [2.45, 2.75) is 19.5 Å². The zero-order valence-electron chi connectivity index (χ0n) is 17.6. The number of nitrogens with zero attached hydrogens (tertiary/aromatic N) is 5. The summed E-state index contributed by atoms with van der Waals surface area (Å²) in [5.41, 5.74) is -1.59. The average molecular weight is 540 g/mol. The third-order valence-electron chi connectivity index (χ3n) is 5.23. The highest BCUT2D eigenvalue weighted by molar-refractivity contribution is 9.10. The first kappa shape index (κ1) is 23.7. The lowest BCUT2D eigenvalue weighted by Gasteiger charge is -2.17. The first-order valence-corrected chi connectivity index (χ1v) is 10.7. The predicted octanol–water partition coefficient (Wildman–Crippen LogP) is 1.81. The fourth-order valence-corrected chi connectivity index (χ4v) is 4.28. The molecule has 34 heavy (non-hydrogen) atoms. The number of aromatic hydroxyl groups is 1. The van der Waals surface area contributed by atoms with Gasteiger partial charge in [0.2, 0.25) is 0 Å². The number of phenolic OH excluding ortho intramolecular Hbond substituents is 1. The maximum atomic E-state index is 13.8. The Hall–Kier alpha value is -3.45. The molecule has 2 aromatic carbocycles. The van der Waals surface area contributed by atoms with Gasteiger partial charge in [0.25, 0.3) is 5.56 Å². The van der Waals surface area contributed by atoms with Crippen molar-refractivity contribution in [2.24, 2.45) is 7.05 Å². The van der Waals surface area contributed by atoms with Crippen molar-refractivity contribution < 1.29 is 23.4 Å². The van der Waals surface area contributed by atoms with Crippen LogP contribution in [0.25, 0.3) is 10.9 Å². The van der Waals surface area contributed by atoms with Crippen LogP contribution in [0.5, 0.6) is 5.75 Å². The lowest BCUT2D eigenvalue weighted by Crippen LogP contribution is -2.41. The van der Waals surface area contributed by atoms with Gasteiger partial charge >= 0.3 is 5.69 Å². The molecule has 13 heteroatoms. The number of benzene rings is 2. The first-order valence-electron chi connectivity index (χ1n) is 9.88. The minimum Gasteiger partial charge on any atom is -0.507 e. The summed E-state index contributed by atoms with van der Waals surface area (Å²) in [7, 11) is 1.60. The van der Waals surface area contributed by atoms with Crippen molar-refractivity contribution in [1.82, 2.24) is 23.9 Å². The maximum absolute atomic E-state index is 13.8. The molecular formula is C21H17BrF3N5O4. The fourth-order valence-electron chi connectivity index (χ4n) is 3.68. The van der Waals surface area contributed by atoms with Gasteiger partial charge in [-0.15, -0.1) is 0 Å². The molecule has 0 radical (unpaired) electrons. The molecule has 0 aliphatic heterocycles. The Morgan fingerprint density at radius 3 is 2.32 bits per heavy atom. The van der Waals surface area contributed by atoms with Gasteiger partial charge in [-0.1, -0.05) is 15.9 Å². The lowest BCUT2D eigenvalue weighted by atomic mass is 10.1. The van der Waals surface area contributed by atoms with E-state index in [4.69, 9.17) is 0 Å². The van der Waals surface area contributed by atoms with Crippen LogP contribution in [-0.4, -0.2) is 40.7 Å². The van der Waals surface area contributed by atoms with Crippen LogP contribution in [-0.2, 0) is 26.6 Å². The lowest BCUT2D eigenvalue weighted by molar-refractivity contribution is 0.297. The van der Waals surface area contributed by atoms with Gasteiger partial charge in [0.05, 0.1) is 18.6 Å². The van der Waals surface area contributed by atoms with Gasteiger partial charge in [0.1, 0.15) is 17.5 Å². The SMILES string of the molecule is Cn1cnc(Cn2c(=O)c3c(O)c(CCO)c(Br)cc3n(Cc3cc(F)c(F)c(F)c3)c2=O)n1. The number of aliphatic hydroxyl groups is 1. The molecule has 0 bridgehead atoms. The second-order valence-electron chi connectivity index (χ2n) is 7.52. The second kappa shape index (κ2) is 9.06. The number of fused-ring (bicyclic) bond motifs is 1. The number of rotatable bonds is 6. The maximum Gasteiger partial charge on any atom is 0.332 e. The smallest absolute Gasteiger partial charge is 0.332 e. The van der Waals surface area contributed by atoms with E-state index in [2.05, 4.69) is 26.0 Å². The molecule has 178 valence electrons. The Labute approximate surface area is 197 Å². The molecule has 0 saturated heterocycles. The number of halogens is 4. The minimum atomic E-state index is -1.65. The Kier molecular flexibility index (Phi) is 6.32. The van der Waals surface area contributed by atoms with E-state index in [9.17, 15) is 33.0 Å². The van der Waals surface area contributed by atoms with E-state index in [1.165, 1.54) is 17.1 Å². The molecule has 0 unspecified atom stereocenters. The molecule has 0 amide bonds. The summed E-state index contributed by atoms with van der Waals surface area (Å²) < 4.78 is 44.5. The van der Waals surface area contributed by atoms with Crippen molar-refractivity contribution in [3.8, 4) is 5.75 Å². The van der Waals surface area contributed by atoms with Crippen LogP contribution in [0.3, 0.4) is 0 Å². The minimum absolute atomic E-state index is 0.0110. The molecule has 2 aromatic heterocycles. The van der Waals surface area contributed by atoms with Crippen molar-refractivity contribution in [1.29, 1.82) is 0 Å². The van der Waals surface area contributed by atoms with Crippen molar-refractivity contribution in [3.05, 3.63) is 84.2 Å². The Morgan fingerprint density at radius 1 is 1.06 bits per heavy atom. The van der Waals surface area contributed by atoms with Crippen LogP contribution in [0.15, 0.2) is 38.6 Å². The number of aromatic nitrogens is 5. The van der Waals surface area contributed by atoms with E-state index in [1.807, 2.05) is 0 Å². The summed E-state index contributed by atoms with van der Waals surface area (Å²) in [6.45, 7) is -1.10. The molecular weight excluding hydrogens is 523 g/mol. The van der Waals surface area contributed by atoms with E-state index in [1.54, 1.807) is 7.05 Å². The fraction of sp³-hybridized carbons (Fsp3) is 0.238. The summed E-state index contributed by atoms with van der Waals surface area (Å²) in [6, 6.07) is 2.87. The predicted molar refractivity (Wildman–Crippen MR) is 118 cm³/mol. The standard InChI is InChI=1S/C21H17BrF3N5O4/c1-28-9-26-16(27-28)8-30-20(33)17-15(6-12(22)11(2-3-31)19(17)32)29(21(30)34)7-10-4-13(23)18(25)14(24)5-10/h4-6,9,31-32H,2-3,7-8H2,1H3. The third-order valence-corrected chi connectivity index (χ3v) is 5.94. The normalized spacial score (nSPS) is 11.5. The Balaban J connectivity index is 2.02. The molecule has 0 atom stereocenters. The van der Waals surface area contributed by atoms with Crippen molar-refractivity contribution in [3.63, 3.8) is 0 Å². The number of hydrogen-bond donors (Lipinski definition) is 2. The van der Waals surface area contributed by atoms with E-state index in [-0.39, 0.29) is 47.4 Å². The summed E-state index contributed by atoms with van der Waals surface area (Å²) in [6.07, 6.45) is 1.38. The van der Waals surface area contributed by atoms with Crippen LogP contribution in [0.2, 0.25) is 0 Å². The van der Waals surface area contributed by atoms with Crippen LogP contribution in [0.1, 0.15) is 17.0 Å². The number of aliphatic hydroxyl groups excluding tert-OH is 1. The summed E-state index contributed by atoms with van der Waals surface area (Å²) in [4.78, 5) is 30.6. The van der Waals surface area contributed by atoms with Gasteiger partial charge in [-0.05, 0) is 23.8 Å². The van der Waals surface area contributed by atoms with Crippen LogP contribution < -0.4 is 11.2 Å². The van der Waals surface area contributed by atoms with Gasteiger partial charge in [-0.2, -0.15) is 5.10 Å². The van der Waals surface area contributed by atoms with Gasteiger partial charge in [0.15, 0.2) is 23.3 Å². The topological polar surface area (TPSA) is 115 Å². The molecule has 0 spiro atoms. The molecule has 0 fully saturated rings. The van der Waals surface area contributed by atoms with Gasteiger partial charge in [-0.25, -0.2) is 22.9 Å². The molecule has 2 heterocycles. The first-order chi connectivity index (χ1) is 16.1. The highest BCUT2D eigenvalue weighted by Crippen LogP contribution is 2.33. The van der Waals surface area contributed by atoms with Crippen LogP contribution >= 0.6 is 15.9 Å². The van der Waals surface area contributed by atoms with Crippen LogP contribution in [0.4, 0.5) is 13.2 Å². The van der Waals surface area contributed by atoms with E-state index >= 15 is 0 Å². The monoisotopic (exact) mass is 539 g/mol. The molecule has 4 aromatic rings. The van der Waals surface area contributed by atoms with E-state index in [0.717, 1.165) is 21.3 Å². The molecule has 0 saturated carbocycles. The second-order valence-corrected chi connectivity index (χ2v) is 8.38. The summed E-state index contributed by atoms with van der Waals surface area (Å²) >= 11 is 3.26. The number of hydrogen-bond acceptors (Lipinski definition) is 6. The van der Waals surface area contributed by atoms with E-state index in [0.29, 0.717) is 4.47 Å². The molecule has 0 aliphatic carbocycles. The number of phenols is 1. The Bertz CT molecular complexity index is 1520. The van der Waals surface area contributed by atoms with Gasteiger partial charge in [-0.3, -0.25) is 18.6 Å². The molecule has 0 aliphatic rings.